The normalized spacial score (nSPS) is 17.5. The van der Waals surface area contributed by atoms with Crippen LogP contribution in [-0.2, 0) is 5.54 Å². The second-order valence-corrected chi connectivity index (χ2v) is 4.38. The van der Waals surface area contributed by atoms with Crippen LogP contribution in [0, 0.1) is 0 Å². The zero-order valence-electron chi connectivity index (χ0n) is 9.66. The number of benzene rings is 1. The van der Waals surface area contributed by atoms with Gasteiger partial charge in [-0.1, -0.05) is 12.1 Å². The van der Waals surface area contributed by atoms with Crippen molar-refractivity contribution in [3.8, 4) is 0 Å². The fourth-order valence-electron chi connectivity index (χ4n) is 2.02. The Morgan fingerprint density at radius 1 is 1.13 bits per heavy atom. The van der Waals surface area contributed by atoms with Crippen molar-refractivity contribution in [1.29, 1.82) is 0 Å². The van der Waals surface area contributed by atoms with Gasteiger partial charge in [-0.2, -0.15) is 0 Å². The summed E-state index contributed by atoms with van der Waals surface area (Å²) in [4.78, 5) is 2.35. The van der Waals surface area contributed by atoms with Crippen LogP contribution in [0.25, 0.3) is 0 Å². The van der Waals surface area contributed by atoms with Crippen LogP contribution in [0.5, 0.6) is 0 Å². The van der Waals surface area contributed by atoms with E-state index in [9.17, 15) is 0 Å². The van der Waals surface area contributed by atoms with Gasteiger partial charge in [0.15, 0.2) is 0 Å². The van der Waals surface area contributed by atoms with Gasteiger partial charge in [0, 0.05) is 24.3 Å². The van der Waals surface area contributed by atoms with Crippen LogP contribution in [-0.4, -0.2) is 13.1 Å². The molecule has 0 radical (unpaired) electrons. The van der Waals surface area contributed by atoms with Gasteiger partial charge in [0.05, 0.1) is 0 Å². The van der Waals surface area contributed by atoms with Crippen molar-refractivity contribution in [2.75, 3.05) is 18.0 Å². The summed E-state index contributed by atoms with van der Waals surface area (Å²) in [6, 6.07) is 8.74. The van der Waals surface area contributed by atoms with Crippen LogP contribution in [0.15, 0.2) is 24.3 Å². The smallest absolute Gasteiger partial charge is 0.0411 e. The first-order chi connectivity index (χ1) is 7.19. The fourth-order valence-corrected chi connectivity index (χ4v) is 2.02. The lowest BCUT2D eigenvalue weighted by Crippen LogP contribution is -2.22. The van der Waals surface area contributed by atoms with Crippen LogP contribution >= 0.6 is 0 Å². The summed E-state index contributed by atoms with van der Waals surface area (Å²) in [6.45, 7) is 6.48. The largest absolute Gasteiger partial charge is 0.372 e. The monoisotopic (exact) mass is 204 g/mol. The lowest BCUT2D eigenvalue weighted by atomic mass is 10.1. The number of nitrogens with two attached hydrogens (primary N) is 1. The van der Waals surface area contributed by atoms with Crippen LogP contribution in [0.1, 0.15) is 32.3 Å². The van der Waals surface area contributed by atoms with Gasteiger partial charge in [0.1, 0.15) is 0 Å². The Bertz CT molecular complexity index is 321. The van der Waals surface area contributed by atoms with Gasteiger partial charge in [-0.3, -0.25) is 0 Å². The average molecular weight is 204 g/mol. The molecule has 0 bridgehead atoms. The zero-order valence-corrected chi connectivity index (χ0v) is 9.66. The number of hydrogen-bond donors (Lipinski definition) is 1. The maximum Gasteiger partial charge on any atom is 0.0411 e. The molecule has 2 rings (SSSR count). The highest BCUT2D eigenvalue weighted by atomic mass is 15.1. The molecule has 1 aromatic rings. The van der Waals surface area contributed by atoms with Crippen molar-refractivity contribution in [2.45, 2.75) is 32.2 Å². The van der Waals surface area contributed by atoms with E-state index in [4.69, 9.17) is 5.73 Å². The second kappa shape index (κ2) is 3.86. The molecule has 2 nitrogen and oxygen atoms in total. The summed E-state index contributed by atoms with van der Waals surface area (Å²) in [7, 11) is 0. The number of hydrogen-bond acceptors (Lipinski definition) is 2. The molecular formula is C13H20N2. The van der Waals surface area contributed by atoms with E-state index < -0.39 is 0 Å². The Morgan fingerprint density at radius 3 is 2.07 bits per heavy atom. The van der Waals surface area contributed by atoms with Crippen molar-refractivity contribution < 1.29 is 0 Å². The lowest BCUT2D eigenvalue weighted by molar-refractivity contribution is 0.739. The van der Waals surface area contributed by atoms with Gasteiger partial charge in [0.25, 0.3) is 0 Å². The standard InChI is InChI=1S/C13H20N2/c1-3-15(4-2)12-7-5-11(6-8-12)13(14)9-10-13/h5-8H,3-4,9-10,14H2,1-2H3. The SMILES string of the molecule is CCN(CC)c1ccc(C2(N)CC2)cc1. The highest BCUT2D eigenvalue weighted by Gasteiger charge is 2.39. The van der Waals surface area contributed by atoms with Crippen molar-refractivity contribution in [3.63, 3.8) is 0 Å². The molecular weight excluding hydrogens is 184 g/mol. The quantitative estimate of drug-likeness (QED) is 0.816. The van der Waals surface area contributed by atoms with Crippen molar-refractivity contribution in [3.05, 3.63) is 29.8 Å². The minimum Gasteiger partial charge on any atom is -0.372 e. The minimum atomic E-state index is 0.00178. The molecule has 0 saturated heterocycles. The summed E-state index contributed by atoms with van der Waals surface area (Å²) < 4.78 is 0. The van der Waals surface area contributed by atoms with Crippen LogP contribution in [0.2, 0.25) is 0 Å². The molecule has 82 valence electrons. The summed E-state index contributed by atoms with van der Waals surface area (Å²) in [5, 5.41) is 0. The molecule has 0 aliphatic heterocycles. The van der Waals surface area contributed by atoms with Crippen LogP contribution < -0.4 is 10.6 Å². The number of nitrogens with zero attached hydrogens (tertiary/aromatic N) is 1. The maximum absolute atomic E-state index is 6.15. The number of anilines is 1. The Morgan fingerprint density at radius 2 is 1.67 bits per heavy atom. The molecule has 2 N–H and O–H groups in total. The number of rotatable bonds is 4. The predicted molar refractivity (Wildman–Crippen MR) is 65.1 cm³/mol. The van der Waals surface area contributed by atoms with Gasteiger partial charge in [-0.15, -0.1) is 0 Å². The molecule has 1 fully saturated rings. The Balaban J connectivity index is 2.16. The molecule has 0 unspecified atom stereocenters. The minimum absolute atomic E-state index is 0.00178. The van der Waals surface area contributed by atoms with Crippen molar-refractivity contribution >= 4 is 5.69 Å². The fraction of sp³-hybridized carbons (Fsp3) is 0.538. The molecule has 0 amide bonds. The van der Waals surface area contributed by atoms with E-state index in [1.54, 1.807) is 0 Å². The Labute approximate surface area is 92.1 Å². The molecule has 2 heteroatoms. The molecule has 1 aromatic carbocycles. The molecule has 0 spiro atoms. The van der Waals surface area contributed by atoms with E-state index in [0.717, 1.165) is 25.9 Å². The Kier molecular flexibility index (Phi) is 2.70. The summed E-state index contributed by atoms with van der Waals surface area (Å²) in [6.07, 6.45) is 2.27. The van der Waals surface area contributed by atoms with E-state index in [2.05, 4.69) is 43.0 Å². The van der Waals surface area contributed by atoms with Crippen LogP contribution in [0.3, 0.4) is 0 Å². The summed E-state index contributed by atoms with van der Waals surface area (Å²) in [5.74, 6) is 0. The first-order valence-corrected chi connectivity index (χ1v) is 5.84. The summed E-state index contributed by atoms with van der Waals surface area (Å²) in [5.41, 5.74) is 8.74. The Hall–Kier alpha value is -1.02. The zero-order chi connectivity index (χ0) is 10.9. The van der Waals surface area contributed by atoms with E-state index in [1.807, 2.05) is 0 Å². The van der Waals surface area contributed by atoms with E-state index in [1.165, 1.54) is 11.3 Å². The third-order valence-corrected chi connectivity index (χ3v) is 3.36. The molecule has 1 aliphatic rings. The van der Waals surface area contributed by atoms with E-state index in [-0.39, 0.29) is 5.54 Å². The molecule has 1 saturated carbocycles. The molecule has 0 aromatic heterocycles. The average Bonchev–Trinajstić information content (AvgIpc) is 3.01. The second-order valence-electron chi connectivity index (χ2n) is 4.38. The lowest BCUT2D eigenvalue weighted by Gasteiger charge is -2.21. The van der Waals surface area contributed by atoms with Gasteiger partial charge >= 0.3 is 0 Å². The van der Waals surface area contributed by atoms with Gasteiger partial charge in [-0.05, 0) is 44.4 Å². The molecule has 0 atom stereocenters. The van der Waals surface area contributed by atoms with Crippen molar-refractivity contribution in [1.82, 2.24) is 0 Å². The summed E-state index contributed by atoms with van der Waals surface area (Å²) >= 11 is 0. The molecule has 15 heavy (non-hydrogen) atoms. The van der Waals surface area contributed by atoms with Crippen molar-refractivity contribution in [2.24, 2.45) is 5.73 Å². The van der Waals surface area contributed by atoms with E-state index >= 15 is 0 Å². The maximum atomic E-state index is 6.15. The van der Waals surface area contributed by atoms with Gasteiger partial charge in [0.2, 0.25) is 0 Å². The topological polar surface area (TPSA) is 29.3 Å². The van der Waals surface area contributed by atoms with Gasteiger partial charge in [-0.25, -0.2) is 0 Å². The van der Waals surface area contributed by atoms with Gasteiger partial charge < -0.3 is 10.6 Å². The van der Waals surface area contributed by atoms with Crippen LogP contribution in [0.4, 0.5) is 5.69 Å². The first kappa shape index (κ1) is 10.5. The predicted octanol–water partition coefficient (Wildman–Crippen LogP) is 2.48. The third-order valence-electron chi connectivity index (χ3n) is 3.36. The molecule has 0 heterocycles. The van der Waals surface area contributed by atoms with E-state index in [0.29, 0.717) is 0 Å². The third kappa shape index (κ3) is 2.00. The highest BCUT2D eigenvalue weighted by molar-refractivity contribution is 5.49. The first-order valence-electron chi connectivity index (χ1n) is 5.84. The highest BCUT2D eigenvalue weighted by Crippen LogP contribution is 2.42. The molecule has 1 aliphatic carbocycles.